The van der Waals surface area contributed by atoms with Gasteiger partial charge in [0.05, 0.1) is 6.20 Å². The first-order valence-corrected chi connectivity index (χ1v) is 5.51. The third kappa shape index (κ3) is 1.93. The Morgan fingerprint density at radius 1 is 1.35 bits per heavy atom. The minimum atomic E-state index is -4.41. The van der Waals surface area contributed by atoms with Gasteiger partial charge in [0.25, 0.3) is 0 Å². The second-order valence-corrected chi connectivity index (χ2v) is 5.01. The van der Waals surface area contributed by atoms with Crippen molar-refractivity contribution in [2.45, 2.75) is 12.8 Å². The van der Waals surface area contributed by atoms with Crippen LogP contribution in [0.3, 0.4) is 0 Å². The zero-order chi connectivity index (χ0) is 12.1. The van der Waals surface area contributed by atoms with E-state index in [0.29, 0.717) is 17.5 Å². The van der Waals surface area contributed by atoms with Gasteiger partial charge in [-0.3, -0.25) is 4.90 Å². The van der Waals surface area contributed by atoms with E-state index in [1.165, 1.54) is 6.20 Å². The van der Waals surface area contributed by atoms with Crippen LogP contribution in [0.15, 0.2) is 12.4 Å². The fraction of sp³-hybridized carbons (Fsp3) is 0.700. The van der Waals surface area contributed by atoms with Crippen LogP contribution < -0.4 is 5.32 Å². The molecule has 0 radical (unpaired) electrons. The van der Waals surface area contributed by atoms with Gasteiger partial charge in [-0.2, -0.15) is 9.78 Å². The lowest BCUT2D eigenvalue weighted by Crippen LogP contribution is -2.70. The smallest absolute Gasteiger partial charge is 0.315 e. The van der Waals surface area contributed by atoms with Crippen LogP contribution in [0.5, 0.6) is 0 Å². The largest absolute Gasteiger partial charge is 0.504 e. The molecular formula is C10H13F3N4. The maximum absolute atomic E-state index is 12.3. The van der Waals surface area contributed by atoms with Crippen molar-refractivity contribution in [3.8, 4) is 0 Å². The topological polar surface area (TPSA) is 33.1 Å². The van der Waals surface area contributed by atoms with Gasteiger partial charge in [-0.25, -0.2) is 0 Å². The number of rotatable bonds is 2. The van der Waals surface area contributed by atoms with Gasteiger partial charge in [-0.15, -0.1) is 13.2 Å². The third-order valence-corrected chi connectivity index (χ3v) is 3.42. The second kappa shape index (κ2) is 3.46. The second-order valence-electron chi connectivity index (χ2n) is 5.01. The maximum atomic E-state index is 12.3. The minimum absolute atomic E-state index is 0.0583. The Kier molecular flexibility index (Phi) is 2.24. The molecule has 0 amide bonds. The Morgan fingerprint density at radius 2 is 2.06 bits per heavy atom. The van der Waals surface area contributed by atoms with E-state index >= 15 is 0 Å². The molecule has 1 aromatic heterocycles. The summed E-state index contributed by atoms with van der Waals surface area (Å²) < 4.78 is 37.0. The average molecular weight is 246 g/mol. The molecule has 1 spiro atoms. The molecule has 0 aliphatic carbocycles. The molecule has 0 saturated carbocycles. The summed E-state index contributed by atoms with van der Waals surface area (Å²) in [6.45, 7) is 4.56. The summed E-state index contributed by atoms with van der Waals surface area (Å²) in [5.74, 6) is 0. The summed E-state index contributed by atoms with van der Waals surface area (Å²) in [6.07, 6.45) is -2.06. The molecule has 0 bridgehead atoms. The van der Waals surface area contributed by atoms with Crippen molar-refractivity contribution in [1.82, 2.24) is 20.0 Å². The maximum Gasteiger partial charge on any atom is 0.504 e. The molecule has 2 saturated heterocycles. The van der Waals surface area contributed by atoms with Crippen molar-refractivity contribution in [2.24, 2.45) is 5.41 Å². The number of halogens is 3. The molecule has 2 fully saturated rings. The van der Waals surface area contributed by atoms with Crippen molar-refractivity contribution in [3.05, 3.63) is 18.0 Å². The number of aromatic nitrogens is 2. The highest BCUT2D eigenvalue weighted by Crippen LogP contribution is 2.34. The zero-order valence-corrected chi connectivity index (χ0v) is 9.17. The molecule has 94 valence electrons. The van der Waals surface area contributed by atoms with Gasteiger partial charge in [0.15, 0.2) is 0 Å². The van der Waals surface area contributed by atoms with Gasteiger partial charge in [-0.05, 0) is 0 Å². The van der Waals surface area contributed by atoms with E-state index in [2.05, 4.69) is 15.3 Å². The number of nitrogens with one attached hydrogen (secondary N) is 1. The van der Waals surface area contributed by atoms with Crippen molar-refractivity contribution in [1.29, 1.82) is 0 Å². The van der Waals surface area contributed by atoms with Gasteiger partial charge in [0, 0.05) is 49.9 Å². The Hall–Kier alpha value is -1.08. The molecule has 1 N–H and O–H groups in total. The van der Waals surface area contributed by atoms with Crippen LogP contribution in [0.2, 0.25) is 0 Å². The first kappa shape index (κ1) is 11.0. The van der Waals surface area contributed by atoms with Gasteiger partial charge in [0.2, 0.25) is 0 Å². The van der Waals surface area contributed by atoms with Crippen LogP contribution in [0, 0.1) is 5.41 Å². The van der Waals surface area contributed by atoms with Crippen molar-refractivity contribution in [2.75, 3.05) is 26.2 Å². The summed E-state index contributed by atoms with van der Waals surface area (Å²) in [6, 6.07) is 0. The van der Waals surface area contributed by atoms with E-state index in [0.717, 1.165) is 32.4 Å². The molecule has 2 aliphatic rings. The van der Waals surface area contributed by atoms with Gasteiger partial charge >= 0.3 is 6.30 Å². The van der Waals surface area contributed by atoms with E-state index < -0.39 is 6.30 Å². The number of alkyl halides is 3. The van der Waals surface area contributed by atoms with Crippen molar-refractivity contribution >= 4 is 0 Å². The SMILES string of the molecule is FC(F)(F)n1cc(CN2CC3(CNC3)C2)cn1. The van der Waals surface area contributed by atoms with E-state index in [4.69, 9.17) is 0 Å². The molecule has 7 heteroatoms. The molecule has 3 rings (SSSR count). The first-order chi connectivity index (χ1) is 7.97. The number of hydrogen-bond acceptors (Lipinski definition) is 3. The van der Waals surface area contributed by atoms with E-state index in [1.54, 1.807) is 0 Å². The predicted molar refractivity (Wildman–Crippen MR) is 54.1 cm³/mol. The highest BCUT2D eigenvalue weighted by atomic mass is 19.4. The van der Waals surface area contributed by atoms with Crippen LogP contribution >= 0.6 is 0 Å². The number of nitrogens with zero attached hydrogens (tertiary/aromatic N) is 3. The predicted octanol–water partition coefficient (Wildman–Crippen LogP) is 0.765. The highest BCUT2D eigenvalue weighted by Gasteiger charge is 2.47. The molecule has 0 unspecified atom stereocenters. The highest BCUT2D eigenvalue weighted by molar-refractivity contribution is 5.09. The Bertz CT molecular complexity index is 413. The van der Waals surface area contributed by atoms with E-state index in [9.17, 15) is 13.2 Å². The van der Waals surface area contributed by atoms with Gasteiger partial charge < -0.3 is 5.32 Å². The molecule has 4 nitrogen and oxygen atoms in total. The van der Waals surface area contributed by atoms with Crippen LogP contribution in [-0.4, -0.2) is 40.9 Å². The van der Waals surface area contributed by atoms with Crippen LogP contribution in [0.1, 0.15) is 5.56 Å². The van der Waals surface area contributed by atoms with Crippen LogP contribution in [0.4, 0.5) is 13.2 Å². The lowest BCUT2D eigenvalue weighted by molar-refractivity contribution is -0.212. The Balaban J connectivity index is 1.57. The van der Waals surface area contributed by atoms with Crippen molar-refractivity contribution < 1.29 is 13.2 Å². The Morgan fingerprint density at radius 3 is 2.53 bits per heavy atom. The standard InChI is InChI=1S/C10H13F3N4/c11-10(12,13)17-3-8(1-15-17)2-16-6-9(7-16)4-14-5-9/h1,3,14H,2,4-7H2. The number of hydrogen-bond donors (Lipinski definition) is 1. The Labute approximate surface area is 96.4 Å². The van der Waals surface area contributed by atoms with E-state index in [1.807, 2.05) is 0 Å². The summed E-state index contributed by atoms with van der Waals surface area (Å²) in [7, 11) is 0. The fourth-order valence-electron chi connectivity index (χ4n) is 2.55. The lowest BCUT2D eigenvalue weighted by atomic mass is 9.74. The summed E-state index contributed by atoms with van der Waals surface area (Å²) >= 11 is 0. The van der Waals surface area contributed by atoms with E-state index in [-0.39, 0.29) is 4.68 Å². The molecule has 0 aromatic carbocycles. The van der Waals surface area contributed by atoms with Gasteiger partial charge in [0.1, 0.15) is 0 Å². The molecule has 17 heavy (non-hydrogen) atoms. The molecular weight excluding hydrogens is 233 g/mol. The molecule has 2 aliphatic heterocycles. The summed E-state index contributed by atoms with van der Waals surface area (Å²) in [5.41, 5.74) is 1.02. The number of likely N-dealkylation sites (tertiary alicyclic amines) is 1. The lowest BCUT2D eigenvalue weighted by Gasteiger charge is -2.56. The monoisotopic (exact) mass is 246 g/mol. The summed E-state index contributed by atoms with van der Waals surface area (Å²) in [4.78, 5) is 2.15. The molecule has 0 atom stereocenters. The average Bonchev–Trinajstić information content (AvgIpc) is 2.54. The fourth-order valence-corrected chi connectivity index (χ4v) is 2.55. The van der Waals surface area contributed by atoms with Crippen molar-refractivity contribution in [3.63, 3.8) is 0 Å². The van der Waals surface area contributed by atoms with Crippen LogP contribution in [0.25, 0.3) is 0 Å². The summed E-state index contributed by atoms with van der Waals surface area (Å²) in [5, 5.41) is 6.54. The van der Waals surface area contributed by atoms with Crippen LogP contribution in [-0.2, 0) is 12.8 Å². The quantitative estimate of drug-likeness (QED) is 0.836. The molecule has 1 aromatic rings. The first-order valence-electron chi connectivity index (χ1n) is 5.51. The molecule has 3 heterocycles. The minimum Gasteiger partial charge on any atom is -0.315 e. The van der Waals surface area contributed by atoms with Gasteiger partial charge in [-0.1, -0.05) is 0 Å². The normalized spacial score (nSPS) is 23.5. The zero-order valence-electron chi connectivity index (χ0n) is 9.17. The third-order valence-electron chi connectivity index (χ3n) is 3.42.